The van der Waals surface area contributed by atoms with E-state index in [0.717, 1.165) is 83.5 Å². The van der Waals surface area contributed by atoms with E-state index in [1.807, 2.05) is 0 Å². The number of amides is 1. The number of allylic oxidation sites excluding steroid dienone is 10. The molecule has 1 heterocycles. The van der Waals surface area contributed by atoms with Gasteiger partial charge in [-0.25, -0.2) is 0 Å². The van der Waals surface area contributed by atoms with Crippen molar-refractivity contribution in [3.8, 4) is 0 Å². The number of carbonyl (C=O) groups is 1. The van der Waals surface area contributed by atoms with Gasteiger partial charge in [0.25, 0.3) is 0 Å². The maximum absolute atomic E-state index is 13.0. The zero-order valence-corrected chi connectivity index (χ0v) is 39.6. The van der Waals surface area contributed by atoms with Gasteiger partial charge in [0.2, 0.25) is 5.91 Å². The second-order valence-corrected chi connectivity index (χ2v) is 17.6. The average Bonchev–Trinajstić information content (AvgIpc) is 3.27. The molecule has 1 aliphatic heterocycles. The highest BCUT2D eigenvalue weighted by Gasteiger charge is 2.44. The summed E-state index contributed by atoms with van der Waals surface area (Å²) in [4.78, 5) is 13.0. The van der Waals surface area contributed by atoms with E-state index in [2.05, 4.69) is 79.9 Å². The molecule has 360 valence electrons. The molecule has 0 radical (unpaired) electrons. The van der Waals surface area contributed by atoms with Gasteiger partial charge < -0.3 is 40.3 Å². The van der Waals surface area contributed by atoms with Gasteiger partial charge in [-0.1, -0.05) is 209 Å². The highest BCUT2D eigenvalue weighted by atomic mass is 16.7. The highest BCUT2D eigenvalue weighted by Crippen LogP contribution is 2.23. The summed E-state index contributed by atoms with van der Waals surface area (Å²) < 4.78 is 11.3. The Hall–Kier alpha value is -2.11. The van der Waals surface area contributed by atoms with E-state index in [0.29, 0.717) is 12.8 Å². The predicted molar refractivity (Wildman–Crippen MR) is 258 cm³/mol. The van der Waals surface area contributed by atoms with Crippen LogP contribution in [0.5, 0.6) is 0 Å². The van der Waals surface area contributed by atoms with Crippen molar-refractivity contribution in [2.75, 3.05) is 13.2 Å². The number of hydrogen-bond acceptors (Lipinski definition) is 8. The third kappa shape index (κ3) is 32.5. The van der Waals surface area contributed by atoms with E-state index in [-0.39, 0.29) is 12.5 Å². The van der Waals surface area contributed by atoms with Crippen LogP contribution in [0.15, 0.2) is 60.8 Å². The zero-order valence-electron chi connectivity index (χ0n) is 39.6. The molecule has 9 nitrogen and oxygen atoms in total. The van der Waals surface area contributed by atoms with Gasteiger partial charge in [0.1, 0.15) is 24.4 Å². The monoisotopic (exact) mass is 874 g/mol. The smallest absolute Gasteiger partial charge is 0.220 e. The Morgan fingerprint density at radius 2 is 1.00 bits per heavy atom. The van der Waals surface area contributed by atoms with Crippen LogP contribution < -0.4 is 5.32 Å². The second kappa shape index (κ2) is 42.8. The molecule has 1 saturated heterocycles. The summed E-state index contributed by atoms with van der Waals surface area (Å²) in [7, 11) is 0. The first-order valence-electron chi connectivity index (χ1n) is 25.5. The predicted octanol–water partition coefficient (Wildman–Crippen LogP) is 11.6. The van der Waals surface area contributed by atoms with Gasteiger partial charge in [-0.3, -0.25) is 4.79 Å². The number of unbranched alkanes of at least 4 members (excludes halogenated alkanes) is 22. The third-order valence-corrected chi connectivity index (χ3v) is 11.9. The molecular weight excluding hydrogens is 779 g/mol. The fourth-order valence-electron chi connectivity index (χ4n) is 7.83. The molecule has 0 saturated carbocycles. The first-order valence-corrected chi connectivity index (χ1v) is 25.5. The van der Waals surface area contributed by atoms with Gasteiger partial charge >= 0.3 is 0 Å². The Bertz CT molecular complexity index is 1150. The largest absolute Gasteiger partial charge is 0.394 e. The third-order valence-electron chi connectivity index (χ3n) is 11.9. The molecule has 62 heavy (non-hydrogen) atoms. The van der Waals surface area contributed by atoms with Crippen LogP contribution in [0.25, 0.3) is 0 Å². The lowest BCUT2D eigenvalue weighted by molar-refractivity contribution is -0.302. The van der Waals surface area contributed by atoms with Gasteiger partial charge in [-0.15, -0.1) is 0 Å². The number of nitrogens with one attached hydrogen (secondary N) is 1. The van der Waals surface area contributed by atoms with Crippen LogP contribution in [0, 0.1) is 0 Å². The van der Waals surface area contributed by atoms with Crippen LogP contribution in [0.1, 0.15) is 213 Å². The Morgan fingerprint density at radius 3 is 1.48 bits per heavy atom. The fourth-order valence-corrected chi connectivity index (χ4v) is 7.83. The summed E-state index contributed by atoms with van der Waals surface area (Å²) in [5, 5.41) is 54.5. The highest BCUT2D eigenvalue weighted by molar-refractivity contribution is 5.76. The van der Waals surface area contributed by atoms with Crippen LogP contribution in [0.3, 0.4) is 0 Å². The molecule has 1 rings (SSSR count). The van der Waals surface area contributed by atoms with E-state index in [1.54, 1.807) is 0 Å². The van der Waals surface area contributed by atoms with Crippen molar-refractivity contribution < 1.29 is 39.8 Å². The van der Waals surface area contributed by atoms with E-state index in [4.69, 9.17) is 9.47 Å². The molecule has 1 aliphatic rings. The van der Waals surface area contributed by atoms with Crippen molar-refractivity contribution in [3.63, 3.8) is 0 Å². The second-order valence-electron chi connectivity index (χ2n) is 17.6. The molecule has 0 aliphatic carbocycles. The van der Waals surface area contributed by atoms with Crippen LogP contribution in [0.4, 0.5) is 0 Å². The number of aliphatic hydroxyl groups is 5. The van der Waals surface area contributed by atoms with Crippen molar-refractivity contribution >= 4 is 5.91 Å². The van der Waals surface area contributed by atoms with E-state index < -0.39 is 49.5 Å². The van der Waals surface area contributed by atoms with Crippen molar-refractivity contribution in [3.05, 3.63) is 60.8 Å². The molecule has 1 amide bonds. The molecule has 0 aromatic carbocycles. The van der Waals surface area contributed by atoms with Crippen molar-refractivity contribution in [2.24, 2.45) is 0 Å². The molecule has 0 aromatic heterocycles. The van der Waals surface area contributed by atoms with Crippen LogP contribution >= 0.6 is 0 Å². The summed E-state index contributed by atoms with van der Waals surface area (Å²) >= 11 is 0. The number of hydrogen-bond donors (Lipinski definition) is 6. The normalized spacial score (nSPS) is 20.8. The lowest BCUT2D eigenvalue weighted by Crippen LogP contribution is -2.60. The van der Waals surface area contributed by atoms with Crippen LogP contribution in [-0.2, 0) is 14.3 Å². The number of ether oxygens (including phenoxy) is 2. The summed E-state index contributed by atoms with van der Waals surface area (Å²) in [6, 6.07) is -0.728. The van der Waals surface area contributed by atoms with Crippen molar-refractivity contribution in [1.82, 2.24) is 5.32 Å². The standard InChI is InChI=1S/C53H95NO8/c1-3-5-7-9-11-13-15-17-19-21-22-23-24-25-26-27-29-31-33-35-37-39-41-43-49(57)54-46(45-61-53-52(60)51(59)50(58)48(44-55)62-53)47(56)42-40-38-36-34-32-30-28-20-18-16-14-12-10-8-6-4-2/h5,7,11,13,17,19,22-23,25-26,46-48,50-53,55-56,58-60H,3-4,6,8-10,12,14-16,18,20-21,24,27-45H2,1-2H3,(H,54,57)/b7-5-,13-11-,19-17-,23-22-,26-25-. The van der Waals surface area contributed by atoms with Gasteiger partial charge in [0.05, 0.1) is 25.4 Å². The number of aliphatic hydroxyl groups excluding tert-OH is 5. The lowest BCUT2D eigenvalue weighted by Gasteiger charge is -2.40. The SMILES string of the molecule is CC/C=C\C/C=C\C/C=C\C/C=C\C/C=C\CCCCCCCCCC(=O)NC(COC1OC(CO)C(O)C(O)C1O)C(O)CCCCCCCCCCCCCCCCCC. The van der Waals surface area contributed by atoms with Crippen molar-refractivity contribution in [1.29, 1.82) is 0 Å². The molecule has 7 atom stereocenters. The van der Waals surface area contributed by atoms with Gasteiger partial charge in [0, 0.05) is 6.42 Å². The fraction of sp³-hybridized carbons (Fsp3) is 0.792. The lowest BCUT2D eigenvalue weighted by atomic mass is 9.99. The van der Waals surface area contributed by atoms with Crippen molar-refractivity contribution in [2.45, 2.75) is 256 Å². The van der Waals surface area contributed by atoms with E-state index >= 15 is 0 Å². The Kier molecular flexibility index (Phi) is 40.0. The summed E-state index contributed by atoms with van der Waals surface area (Å²) in [6.07, 6.45) is 49.4. The Balaban J connectivity index is 2.28. The average molecular weight is 874 g/mol. The minimum Gasteiger partial charge on any atom is -0.394 e. The molecule has 1 fully saturated rings. The topological polar surface area (TPSA) is 149 Å². The van der Waals surface area contributed by atoms with Crippen LogP contribution in [0.2, 0.25) is 0 Å². The molecule has 9 heteroatoms. The van der Waals surface area contributed by atoms with Gasteiger partial charge in [0.15, 0.2) is 6.29 Å². The molecule has 0 aromatic rings. The van der Waals surface area contributed by atoms with Gasteiger partial charge in [-0.05, 0) is 57.8 Å². The number of carbonyl (C=O) groups excluding carboxylic acids is 1. The summed E-state index contributed by atoms with van der Waals surface area (Å²) in [6.45, 7) is 3.72. The molecule has 0 bridgehead atoms. The Labute approximate surface area is 379 Å². The van der Waals surface area contributed by atoms with E-state index in [1.165, 1.54) is 103 Å². The first kappa shape index (κ1) is 57.9. The first-order chi connectivity index (χ1) is 30.3. The summed E-state index contributed by atoms with van der Waals surface area (Å²) in [5.41, 5.74) is 0. The maximum atomic E-state index is 13.0. The minimum atomic E-state index is -1.56. The van der Waals surface area contributed by atoms with Gasteiger partial charge in [-0.2, -0.15) is 0 Å². The minimum absolute atomic E-state index is 0.145. The molecule has 7 unspecified atom stereocenters. The Morgan fingerprint density at radius 1 is 0.565 bits per heavy atom. The summed E-state index contributed by atoms with van der Waals surface area (Å²) in [5.74, 6) is -0.157. The van der Waals surface area contributed by atoms with E-state index in [9.17, 15) is 30.3 Å². The quantitative estimate of drug-likeness (QED) is 0.0262. The molecular formula is C53H95NO8. The maximum Gasteiger partial charge on any atom is 0.220 e. The zero-order chi connectivity index (χ0) is 45.1. The molecule has 6 N–H and O–H groups in total. The van der Waals surface area contributed by atoms with Crippen LogP contribution in [-0.4, -0.2) is 87.5 Å². The molecule has 0 spiro atoms. The number of rotatable bonds is 42.